The van der Waals surface area contributed by atoms with Gasteiger partial charge in [-0.1, -0.05) is 6.92 Å². The molecule has 23 heavy (non-hydrogen) atoms. The predicted octanol–water partition coefficient (Wildman–Crippen LogP) is 2.52. The minimum absolute atomic E-state index is 0.0700. The quantitative estimate of drug-likeness (QED) is 0.698. The number of aliphatic hydroxyl groups excluding tert-OH is 2. The number of rotatable bonds is 8. The minimum Gasteiger partial charge on any atom is -0.478 e. The molecule has 0 aliphatic rings. The van der Waals surface area contributed by atoms with Crippen LogP contribution in [0, 0.1) is 6.92 Å². The Balaban J connectivity index is 2.75. The van der Waals surface area contributed by atoms with E-state index in [2.05, 4.69) is 6.07 Å². The van der Waals surface area contributed by atoms with Gasteiger partial charge in [0.05, 0.1) is 11.1 Å². The molecule has 1 heterocycles. The molecule has 5 nitrogen and oxygen atoms in total. The van der Waals surface area contributed by atoms with Crippen molar-refractivity contribution >= 4 is 16.9 Å². The third-order valence-electron chi connectivity index (χ3n) is 4.37. The maximum absolute atomic E-state index is 11.7. The van der Waals surface area contributed by atoms with Crippen LogP contribution in [-0.2, 0) is 19.4 Å². The molecule has 0 saturated heterocycles. The number of aromatic nitrogens is 1. The maximum Gasteiger partial charge on any atom is 0.337 e. The third kappa shape index (κ3) is 3.41. The van der Waals surface area contributed by atoms with E-state index < -0.39 is 5.97 Å². The van der Waals surface area contributed by atoms with Crippen LogP contribution in [0.25, 0.3) is 10.9 Å². The first-order valence-electron chi connectivity index (χ1n) is 8.14. The van der Waals surface area contributed by atoms with Gasteiger partial charge in [0.25, 0.3) is 0 Å². The summed E-state index contributed by atoms with van der Waals surface area (Å²) in [7, 11) is 0. The molecule has 1 aromatic heterocycles. The summed E-state index contributed by atoms with van der Waals surface area (Å²) in [5, 5.41) is 28.9. The van der Waals surface area contributed by atoms with Crippen molar-refractivity contribution in [1.29, 1.82) is 0 Å². The molecule has 2 rings (SSSR count). The van der Waals surface area contributed by atoms with Gasteiger partial charge in [-0.3, -0.25) is 0 Å². The van der Waals surface area contributed by atoms with Crippen molar-refractivity contribution < 1.29 is 20.1 Å². The van der Waals surface area contributed by atoms with Gasteiger partial charge < -0.3 is 19.9 Å². The lowest BCUT2D eigenvalue weighted by Crippen LogP contribution is -2.07. The van der Waals surface area contributed by atoms with Crippen LogP contribution in [0.1, 0.15) is 46.9 Å². The van der Waals surface area contributed by atoms with Crippen LogP contribution in [0.4, 0.5) is 0 Å². The molecule has 5 heteroatoms. The fourth-order valence-electron chi connectivity index (χ4n) is 3.19. The van der Waals surface area contributed by atoms with Crippen LogP contribution in [-0.4, -0.2) is 39.1 Å². The molecule has 0 unspecified atom stereocenters. The Hall–Kier alpha value is -1.85. The fraction of sp³-hybridized carbons (Fsp3) is 0.500. The highest BCUT2D eigenvalue weighted by Gasteiger charge is 2.20. The van der Waals surface area contributed by atoms with E-state index >= 15 is 0 Å². The van der Waals surface area contributed by atoms with E-state index in [1.165, 1.54) is 0 Å². The molecule has 0 fully saturated rings. The fourth-order valence-corrected chi connectivity index (χ4v) is 3.19. The molecular formula is C18H25NO4. The Morgan fingerprint density at radius 1 is 1.17 bits per heavy atom. The van der Waals surface area contributed by atoms with Crippen LogP contribution in [0.15, 0.2) is 12.1 Å². The van der Waals surface area contributed by atoms with Crippen LogP contribution < -0.4 is 0 Å². The van der Waals surface area contributed by atoms with E-state index in [0.717, 1.165) is 40.6 Å². The zero-order valence-corrected chi connectivity index (χ0v) is 13.8. The summed E-state index contributed by atoms with van der Waals surface area (Å²) >= 11 is 0. The Morgan fingerprint density at radius 2 is 1.87 bits per heavy atom. The van der Waals surface area contributed by atoms with E-state index in [4.69, 9.17) is 10.2 Å². The number of carboxylic acid groups (broad SMARTS) is 1. The summed E-state index contributed by atoms with van der Waals surface area (Å²) in [5.74, 6) is -0.929. The zero-order valence-electron chi connectivity index (χ0n) is 13.8. The SMILES string of the molecule is CCc1cc(C(=O)O)c2c(c1)c(CCCO)c(C)n2CCCO. The van der Waals surface area contributed by atoms with Gasteiger partial charge in [0, 0.05) is 30.8 Å². The second-order valence-electron chi connectivity index (χ2n) is 5.82. The molecule has 0 amide bonds. The van der Waals surface area contributed by atoms with Crippen molar-refractivity contribution in [2.75, 3.05) is 13.2 Å². The number of nitrogens with zero attached hydrogens (tertiary/aromatic N) is 1. The Morgan fingerprint density at radius 3 is 2.43 bits per heavy atom. The second kappa shape index (κ2) is 7.62. The van der Waals surface area contributed by atoms with Crippen LogP contribution in [0.3, 0.4) is 0 Å². The number of hydrogen-bond acceptors (Lipinski definition) is 3. The van der Waals surface area contributed by atoms with Gasteiger partial charge >= 0.3 is 5.97 Å². The molecule has 3 N–H and O–H groups in total. The topological polar surface area (TPSA) is 82.7 Å². The van der Waals surface area contributed by atoms with Crippen LogP contribution >= 0.6 is 0 Å². The van der Waals surface area contributed by atoms with E-state index in [0.29, 0.717) is 24.9 Å². The van der Waals surface area contributed by atoms with Gasteiger partial charge in [-0.25, -0.2) is 4.79 Å². The highest BCUT2D eigenvalue weighted by molar-refractivity contribution is 6.04. The Labute approximate surface area is 136 Å². The van der Waals surface area contributed by atoms with Crippen LogP contribution in [0.5, 0.6) is 0 Å². The minimum atomic E-state index is -0.929. The molecule has 0 aliphatic heterocycles. The number of aliphatic hydroxyl groups is 2. The monoisotopic (exact) mass is 319 g/mol. The first-order valence-corrected chi connectivity index (χ1v) is 8.14. The molecule has 0 radical (unpaired) electrons. The Bertz CT molecular complexity index is 703. The van der Waals surface area contributed by atoms with Gasteiger partial charge in [0.2, 0.25) is 0 Å². The molecule has 1 aromatic carbocycles. The van der Waals surface area contributed by atoms with E-state index in [1.807, 2.05) is 18.4 Å². The van der Waals surface area contributed by atoms with Gasteiger partial charge in [-0.2, -0.15) is 0 Å². The highest BCUT2D eigenvalue weighted by Crippen LogP contribution is 2.31. The summed E-state index contributed by atoms with van der Waals surface area (Å²) in [6.07, 6.45) is 2.73. The summed E-state index contributed by atoms with van der Waals surface area (Å²) in [6.45, 7) is 4.77. The molecule has 0 saturated carbocycles. The molecule has 2 aromatic rings. The number of hydrogen-bond donors (Lipinski definition) is 3. The molecular weight excluding hydrogens is 294 g/mol. The number of aryl methyl sites for hydroxylation is 3. The molecule has 0 bridgehead atoms. The summed E-state index contributed by atoms with van der Waals surface area (Å²) in [5.41, 5.74) is 4.17. The standard InChI is InChI=1S/C18H25NO4/c1-3-13-10-15-14(6-4-8-20)12(2)19(7-5-9-21)17(15)16(11-13)18(22)23/h10-11,20-21H,3-9H2,1-2H3,(H,22,23). The maximum atomic E-state index is 11.7. The van der Waals surface area contributed by atoms with Crippen molar-refractivity contribution in [3.8, 4) is 0 Å². The Kier molecular flexibility index (Phi) is 5.80. The van der Waals surface area contributed by atoms with Crippen molar-refractivity contribution in [3.05, 3.63) is 34.5 Å². The van der Waals surface area contributed by atoms with Gasteiger partial charge in [0.1, 0.15) is 0 Å². The summed E-state index contributed by atoms with van der Waals surface area (Å²) < 4.78 is 2.00. The number of carboxylic acids is 1. The predicted molar refractivity (Wildman–Crippen MR) is 90.1 cm³/mol. The van der Waals surface area contributed by atoms with Gasteiger partial charge in [-0.05, 0) is 55.9 Å². The van der Waals surface area contributed by atoms with E-state index in [1.54, 1.807) is 6.07 Å². The van der Waals surface area contributed by atoms with Crippen molar-refractivity contribution in [3.63, 3.8) is 0 Å². The lowest BCUT2D eigenvalue weighted by molar-refractivity contribution is 0.0698. The number of benzene rings is 1. The molecule has 126 valence electrons. The average Bonchev–Trinajstić information content (AvgIpc) is 2.81. The number of fused-ring (bicyclic) bond motifs is 1. The largest absolute Gasteiger partial charge is 0.478 e. The highest BCUT2D eigenvalue weighted by atomic mass is 16.4. The van der Waals surface area contributed by atoms with E-state index in [9.17, 15) is 9.90 Å². The van der Waals surface area contributed by atoms with Gasteiger partial charge in [-0.15, -0.1) is 0 Å². The average molecular weight is 319 g/mol. The second-order valence-corrected chi connectivity index (χ2v) is 5.82. The lowest BCUT2D eigenvalue weighted by atomic mass is 10.00. The normalized spacial score (nSPS) is 11.3. The van der Waals surface area contributed by atoms with Crippen LogP contribution in [0.2, 0.25) is 0 Å². The smallest absolute Gasteiger partial charge is 0.337 e. The third-order valence-corrected chi connectivity index (χ3v) is 4.37. The summed E-state index contributed by atoms with van der Waals surface area (Å²) in [4.78, 5) is 11.7. The first kappa shape index (κ1) is 17.5. The van der Waals surface area contributed by atoms with Crippen molar-refractivity contribution in [2.24, 2.45) is 0 Å². The molecule has 0 aliphatic carbocycles. The summed E-state index contributed by atoms with van der Waals surface area (Å²) in [6, 6.07) is 3.81. The molecule has 0 spiro atoms. The number of aromatic carboxylic acids is 1. The lowest BCUT2D eigenvalue weighted by Gasteiger charge is -2.10. The molecule has 0 atom stereocenters. The zero-order chi connectivity index (χ0) is 17.0. The first-order chi connectivity index (χ1) is 11.0. The van der Waals surface area contributed by atoms with Gasteiger partial charge in [0.15, 0.2) is 0 Å². The van der Waals surface area contributed by atoms with E-state index in [-0.39, 0.29) is 13.2 Å². The van der Waals surface area contributed by atoms with Crippen molar-refractivity contribution in [2.45, 2.75) is 46.1 Å². The number of carbonyl (C=O) groups is 1. The van der Waals surface area contributed by atoms with Crippen molar-refractivity contribution in [1.82, 2.24) is 4.57 Å².